The van der Waals surface area contributed by atoms with Crippen LogP contribution in [0.15, 0.2) is 78.9 Å². The van der Waals surface area contributed by atoms with Gasteiger partial charge in [0.15, 0.2) is 0 Å². The second-order valence-corrected chi connectivity index (χ2v) is 14.4. The first-order valence-electron chi connectivity index (χ1n) is 17.2. The number of carbonyl (C=O) groups excluding carboxylic acids is 2. The van der Waals surface area contributed by atoms with Crippen LogP contribution in [0.5, 0.6) is 0 Å². The zero-order chi connectivity index (χ0) is 33.4. The molecule has 3 aromatic rings. The van der Waals surface area contributed by atoms with E-state index in [1.807, 2.05) is 74.6 Å². The second-order valence-electron chi connectivity index (χ2n) is 13.6. The van der Waals surface area contributed by atoms with Crippen LogP contribution < -0.4 is 5.32 Å². The lowest BCUT2D eigenvalue weighted by atomic mass is 9.80. The van der Waals surface area contributed by atoms with Gasteiger partial charge in [-0.05, 0) is 87.0 Å². The second kappa shape index (κ2) is 16.5. The highest BCUT2D eigenvalue weighted by molar-refractivity contribution is 6.42. The number of hydrogen-bond donors (Lipinski definition) is 1. The number of nitrogens with zero attached hydrogens (tertiary/aromatic N) is 3. The molecule has 2 unspecified atom stereocenters. The highest BCUT2D eigenvalue weighted by Crippen LogP contribution is 2.38. The number of rotatable bonds is 12. The molecule has 47 heavy (non-hydrogen) atoms. The predicted molar refractivity (Wildman–Crippen MR) is 193 cm³/mol. The van der Waals surface area contributed by atoms with Crippen molar-refractivity contribution in [3.8, 4) is 0 Å². The van der Waals surface area contributed by atoms with E-state index in [9.17, 15) is 9.59 Å². The number of halogens is 2. The van der Waals surface area contributed by atoms with Crippen LogP contribution in [0.4, 0.5) is 0 Å². The summed E-state index contributed by atoms with van der Waals surface area (Å²) < 4.78 is 0. The average Bonchev–Trinajstić information content (AvgIpc) is 3.10. The van der Waals surface area contributed by atoms with Gasteiger partial charge in [-0.15, -0.1) is 0 Å². The fraction of sp³-hybridized carbons (Fsp3) is 0.487. The minimum Gasteiger partial charge on any atom is -0.347 e. The molecule has 2 atom stereocenters. The minimum atomic E-state index is -0.463. The number of hydrogen-bond acceptors (Lipinski definition) is 4. The molecule has 3 aromatic carbocycles. The quantitative estimate of drug-likeness (QED) is 0.215. The summed E-state index contributed by atoms with van der Waals surface area (Å²) >= 11 is 12.9. The van der Waals surface area contributed by atoms with Crippen molar-refractivity contribution in [3.63, 3.8) is 0 Å². The van der Waals surface area contributed by atoms with Crippen LogP contribution in [0.3, 0.4) is 0 Å². The van der Waals surface area contributed by atoms with Crippen molar-refractivity contribution >= 4 is 35.0 Å². The fourth-order valence-electron chi connectivity index (χ4n) is 7.83. The fourth-order valence-corrected chi connectivity index (χ4v) is 8.14. The van der Waals surface area contributed by atoms with E-state index >= 15 is 0 Å². The Kier molecular flexibility index (Phi) is 12.4. The van der Waals surface area contributed by atoms with Crippen molar-refractivity contribution in [1.82, 2.24) is 20.0 Å². The van der Waals surface area contributed by atoms with Gasteiger partial charge in [0, 0.05) is 52.0 Å². The number of amides is 2. The van der Waals surface area contributed by atoms with Crippen LogP contribution in [-0.4, -0.2) is 85.4 Å². The van der Waals surface area contributed by atoms with Gasteiger partial charge in [-0.1, -0.05) is 96.4 Å². The third-order valence-corrected chi connectivity index (χ3v) is 11.1. The van der Waals surface area contributed by atoms with Crippen molar-refractivity contribution < 1.29 is 9.59 Å². The Labute approximate surface area is 291 Å². The number of benzene rings is 3. The number of likely N-dealkylation sites (tertiary alicyclic amines) is 1. The van der Waals surface area contributed by atoms with Crippen LogP contribution in [0.2, 0.25) is 10.0 Å². The lowest BCUT2D eigenvalue weighted by molar-refractivity contribution is -0.148. The minimum absolute atomic E-state index is 0.0259. The van der Waals surface area contributed by atoms with Gasteiger partial charge >= 0.3 is 0 Å². The van der Waals surface area contributed by atoms with Gasteiger partial charge in [0.25, 0.3) is 0 Å². The molecule has 2 fully saturated rings. The molecule has 2 saturated heterocycles. The Hall–Kier alpha value is -2.90. The zero-order valence-electron chi connectivity index (χ0n) is 28.1. The van der Waals surface area contributed by atoms with E-state index in [-0.39, 0.29) is 23.7 Å². The van der Waals surface area contributed by atoms with Crippen molar-refractivity contribution in [1.29, 1.82) is 0 Å². The maximum atomic E-state index is 14.0. The van der Waals surface area contributed by atoms with Gasteiger partial charge in [-0.2, -0.15) is 0 Å². The predicted octanol–water partition coefficient (Wildman–Crippen LogP) is 7.60. The van der Waals surface area contributed by atoms with Gasteiger partial charge in [0.2, 0.25) is 11.8 Å². The van der Waals surface area contributed by atoms with E-state index in [1.165, 1.54) is 6.42 Å². The summed E-state index contributed by atoms with van der Waals surface area (Å²) in [6.07, 6.45) is 7.23. The lowest BCUT2D eigenvalue weighted by Crippen LogP contribution is -2.66. The molecule has 252 valence electrons. The highest BCUT2D eigenvalue weighted by atomic mass is 35.5. The van der Waals surface area contributed by atoms with E-state index < -0.39 is 5.54 Å². The van der Waals surface area contributed by atoms with Crippen LogP contribution in [0.1, 0.15) is 79.9 Å². The summed E-state index contributed by atoms with van der Waals surface area (Å²) in [4.78, 5) is 34.0. The number of carbonyl (C=O) groups is 2. The molecule has 0 spiro atoms. The van der Waals surface area contributed by atoms with Crippen LogP contribution in [0.25, 0.3) is 0 Å². The summed E-state index contributed by atoms with van der Waals surface area (Å²) in [6.45, 7) is 3.23. The maximum absolute atomic E-state index is 14.0. The largest absolute Gasteiger partial charge is 0.347 e. The van der Waals surface area contributed by atoms with E-state index in [1.54, 1.807) is 4.90 Å². The van der Waals surface area contributed by atoms with E-state index in [0.717, 1.165) is 74.8 Å². The summed E-state index contributed by atoms with van der Waals surface area (Å²) in [7, 11) is 5.70. The molecular weight excluding hydrogens is 627 g/mol. The van der Waals surface area contributed by atoms with Gasteiger partial charge in [-0.3, -0.25) is 14.5 Å². The molecule has 0 saturated carbocycles. The Balaban J connectivity index is 1.36. The third-order valence-electron chi connectivity index (χ3n) is 10.4. The summed E-state index contributed by atoms with van der Waals surface area (Å²) in [6, 6.07) is 26.8. The standard InChI is InChI=1S/C39H50Cl2N4O2/c1-43(2)38(47)39(21-23-42-24-22-39)45-25-11-10-16-33(45)19-17-32(31-18-20-35(40)36(41)26-31)28-44(3)37(46)27-34(29-12-6-4-7-13-29)30-14-8-5-9-15-30/h4-9,12-15,18,20,26,32-34,42H,10-11,16-17,19,21-25,27-28H2,1-3H3. The van der Waals surface area contributed by atoms with Crippen LogP contribution in [-0.2, 0) is 9.59 Å². The van der Waals surface area contributed by atoms with Crippen molar-refractivity contribution in [2.75, 3.05) is 47.3 Å². The molecule has 0 aromatic heterocycles. The Morgan fingerprint density at radius 1 is 0.872 bits per heavy atom. The van der Waals surface area contributed by atoms with Crippen molar-refractivity contribution in [2.24, 2.45) is 0 Å². The lowest BCUT2D eigenvalue weighted by Gasteiger charge is -2.51. The molecule has 2 heterocycles. The average molecular weight is 678 g/mol. The summed E-state index contributed by atoms with van der Waals surface area (Å²) in [5, 5.41) is 4.53. The normalized spacial score (nSPS) is 18.9. The summed E-state index contributed by atoms with van der Waals surface area (Å²) in [5.41, 5.74) is 2.90. The molecule has 1 N–H and O–H groups in total. The third kappa shape index (κ3) is 8.58. The van der Waals surface area contributed by atoms with Gasteiger partial charge in [0.05, 0.1) is 10.0 Å². The van der Waals surface area contributed by atoms with E-state index in [2.05, 4.69) is 40.5 Å². The highest BCUT2D eigenvalue weighted by Gasteiger charge is 2.48. The molecule has 0 bridgehead atoms. The number of nitrogens with one attached hydrogen (secondary N) is 1. The molecule has 6 nitrogen and oxygen atoms in total. The maximum Gasteiger partial charge on any atom is 0.242 e. The molecule has 0 radical (unpaired) electrons. The van der Waals surface area contributed by atoms with Gasteiger partial charge in [-0.25, -0.2) is 0 Å². The van der Waals surface area contributed by atoms with E-state index in [0.29, 0.717) is 29.1 Å². The van der Waals surface area contributed by atoms with Crippen LogP contribution >= 0.6 is 23.2 Å². The SMILES string of the molecule is CN(C)C(=O)C1(N2CCCCC2CCC(CN(C)C(=O)CC(c2ccccc2)c2ccccc2)c2ccc(Cl)c(Cl)c2)CCNCC1. The topological polar surface area (TPSA) is 55.9 Å². The number of piperidine rings is 2. The van der Waals surface area contributed by atoms with Crippen molar-refractivity contribution in [3.05, 3.63) is 106 Å². The van der Waals surface area contributed by atoms with Gasteiger partial charge < -0.3 is 15.1 Å². The van der Waals surface area contributed by atoms with E-state index in [4.69, 9.17) is 23.2 Å². The first-order chi connectivity index (χ1) is 22.7. The first kappa shape index (κ1) is 35.4. The van der Waals surface area contributed by atoms with Crippen molar-refractivity contribution in [2.45, 2.75) is 74.8 Å². The first-order valence-corrected chi connectivity index (χ1v) is 17.9. The molecule has 5 rings (SSSR count). The molecule has 2 amide bonds. The van der Waals surface area contributed by atoms with Crippen LogP contribution in [0, 0.1) is 0 Å². The zero-order valence-corrected chi connectivity index (χ0v) is 29.6. The van der Waals surface area contributed by atoms with Gasteiger partial charge in [0.1, 0.15) is 5.54 Å². The smallest absolute Gasteiger partial charge is 0.242 e. The molecule has 2 aliphatic heterocycles. The Morgan fingerprint density at radius 3 is 2.11 bits per heavy atom. The molecule has 2 aliphatic rings. The monoisotopic (exact) mass is 676 g/mol. The molecular formula is C39H50Cl2N4O2. The summed E-state index contributed by atoms with van der Waals surface area (Å²) in [5.74, 6) is 0.380. The Bertz CT molecular complexity index is 1420. The molecule has 8 heteroatoms. The molecule has 0 aliphatic carbocycles. The Morgan fingerprint density at radius 2 is 1.51 bits per heavy atom. The number of likely N-dealkylation sites (N-methyl/N-ethyl adjacent to an activating group) is 2.